The standard InChI is InChI=1S/C40H51N3O8/c1-7-10-30-19-33(43(24-30)27-44)23-42-35-22-39(38(47-6)17-29(35)4)51-26-32-18-31(25-50-36-12-11-28(3)16-37(36)46-5)20-34(21-32)48-15-9-13-41-40(45)49-14-8-2/h8,11-12,16-18,20-23,27,30,33H,2,7,9-10,13-15,19,24-26H2,1,3-6H3,(H,41,45). The van der Waals surface area contributed by atoms with Crippen molar-refractivity contribution in [1.82, 2.24) is 10.2 Å². The molecule has 11 heteroatoms. The van der Waals surface area contributed by atoms with Crippen LogP contribution in [0.25, 0.3) is 0 Å². The van der Waals surface area contributed by atoms with Gasteiger partial charge in [0.2, 0.25) is 6.41 Å². The number of carbonyl (C=O) groups excluding carboxylic acids is 2. The zero-order chi connectivity index (χ0) is 36.6. The minimum atomic E-state index is -0.498. The first-order valence-electron chi connectivity index (χ1n) is 17.4. The average Bonchev–Trinajstić information content (AvgIpc) is 3.53. The van der Waals surface area contributed by atoms with Crippen molar-refractivity contribution in [2.24, 2.45) is 10.9 Å². The highest BCUT2D eigenvalue weighted by molar-refractivity contribution is 5.74. The molecule has 1 aliphatic heterocycles. The lowest BCUT2D eigenvalue weighted by Crippen LogP contribution is -2.29. The zero-order valence-corrected chi connectivity index (χ0v) is 30.4. The van der Waals surface area contributed by atoms with Gasteiger partial charge in [0.05, 0.1) is 32.6 Å². The number of hydrogen-bond donors (Lipinski definition) is 1. The van der Waals surface area contributed by atoms with E-state index in [1.165, 1.54) is 6.08 Å². The molecule has 3 aromatic rings. The second-order valence-corrected chi connectivity index (χ2v) is 12.6. The molecule has 0 radical (unpaired) electrons. The maximum Gasteiger partial charge on any atom is 0.407 e. The zero-order valence-electron chi connectivity index (χ0n) is 30.4. The Labute approximate surface area is 301 Å². The Kier molecular flexibility index (Phi) is 15.0. The van der Waals surface area contributed by atoms with E-state index < -0.39 is 6.09 Å². The lowest BCUT2D eigenvalue weighted by Gasteiger charge is -2.17. The van der Waals surface area contributed by atoms with Gasteiger partial charge in [0, 0.05) is 25.4 Å². The largest absolute Gasteiger partial charge is 0.494 e. The smallest absolute Gasteiger partial charge is 0.407 e. The number of carbonyl (C=O) groups is 2. The van der Waals surface area contributed by atoms with Gasteiger partial charge >= 0.3 is 6.09 Å². The number of likely N-dealkylation sites (tertiary alicyclic amines) is 1. The summed E-state index contributed by atoms with van der Waals surface area (Å²) in [7, 11) is 3.23. The van der Waals surface area contributed by atoms with Crippen LogP contribution in [-0.4, -0.2) is 70.2 Å². The number of methoxy groups -OCH3 is 2. The lowest BCUT2D eigenvalue weighted by molar-refractivity contribution is -0.118. The molecule has 3 aromatic carbocycles. The van der Waals surface area contributed by atoms with E-state index in [1.54, 1.807) is 14.2 Å². The average molecular weight is 702 g/mol. The molecule has 51 heavy (non-hydrogen) atoms. The van der Waals surface area contributed by atoms with Gasteiger partial charge in [-0.3, -0.25) is 9.79 Å². The first-order chi connectivity index (χ1) is 24.8. The second kappa shape index (κ2) is 19.9. The van der Waals surface area contributed by atoms with Crippen LogP contribution in [0.4, 0.5) is 10.5 Å². The molecule has 1 saturated heterocycles. The molecular formula is C40H51N3O8. The third-order valence-electron chi connectivity index (χ3n) is 8.50. The summed E-state index contributed by atoms with van der Waals surface area (Å²) in [6, 6.07) is 15.4. The van der Waals surface area contributed by atoms with Gasteiger partial charge in [-0.1, -0.05) is 32.1 Å². The van der Waals surface area contributed by atoms with Crippen LogP contribution >= 0.6 is 0 Å². The summed E-state index contributed by atoms with van der Waals surface area (Å²) in [5.41, 5.74) is 4.48. The van der Waals surface area contributed by atoms with E-state index in [-0.39, 0.29) is 25.9 Å². The molecule has 1 fully saturated rings. The van der Waals surface area contributed by atoms with E-state index in [2.05, 4.69) is 18.8 Å². The van der Waals surface area contributed by atoms with Crippen molar-refractivity contribution in [2.45, 2.75) is 65.7 Å². The molecule has 0 aromatic heterocycles. The topological polar surface area (TPSA) is 117 Å². The molecule has 0 aliphatic carbocycles. The monoisotopic (exact) mass is 701 g/mol. The first kappa shape index (κ1) is 38.6. The normalized spacial score (nSPS) is 15.4. The van der Waals surface area contributed by atoms with Crippen molar-refractivity contribution in [2.75, 3.05) is 40.5 Å². The minimum absolute atomic E-state index is 0.0324. The lowest BCUT2D eigenvalue weighted by atomic mass is 10.0. The van der Waals surface area contributed by atoms with Crippen molar-refractivity contribution >= 4 is 24.4 Å². The number of benzene rings is 3. The Bertz CT molecular complexity index is 1640. The van der Waals surface area contributed by atoms with Crippen LogP contribution in [0.15, 0.2) is 66.2 Å². The highest BCUT2D eigenvalue weighted by atomic mass is 16.5. The van der Waals surface area contributed by atoms with Gasteiger partial charge < -0.3 is 38.6 Å². The highest BCUT2D eigenvalue weighted by Crippen LogP contribution is 2.36. The van der Waals surface area contributed by atoms with E-state index in [0.717, 1.165) is 60.2 Å². The summed E-state index contributed by atoms with van der Waals surface area (Å²) in [6.45, 7) is 11.8. The number of aryl methyl sites for hydroxylation is 2. The van der Waals surface area contributed by atoms with Crippen LogP contribution in [0.5, 0.6) is 28.7 Å². The molecule has 0 saturated carbocycles. The molecule has 2 unspecified atom stereocenters. The van der Waals surface area contributed by atoms with Crippen LogP contribution < -0.4 is 29.0 Å². The van der Waals surface area contributed by atoms with Crippen LogP contribution in [0.1, 0.15) is 54.9 Å². The van der Waals surface area contributed by atoms with Gasteiger partial charge in [-0.05, 0) is 97.7 Å². The van der Waals surface area contributed by atoms with Gasteiger partial charge in [-0.25, -0.2) is 4.79 Å². The third kappa shape index (κ3) is 11.7. The minimum Gasteiger partial charge on any atom is -0.494 e. The predicted molar refractivity (Wildman–Crippen MR) is 198 cm³/mol. The van der Waals surface area contributed by atoms with Gasteiger partial charge in [0.15, 0.2) is 23.0 Å². The molecule has 1 N–H and O–H groups in total. The predicted octanol–water partition coefficient (Wildman–Crippen LogP) is 7.51. The number of ether oxygens (including phenoxy) is 6. The van der Waals surface area contributed by atoms with E-state index in [9.17, 15) is 9.59 Å². The van der Waals surface area contributed by atoms with Crippen LogP contribution in [0.2, 0.25) is 0 Å². The quantitative estimate of drug-likeness (QED) is 0.0557. The summed E-state index contributed by atoms with van der Waals surface area (Å²) in [5.74, 6) is 3.55. The van der Waals surface area contributed by atoms with Crippen molar-refractivity contribution in [3.8, 4) is 28.7 Å². The fourth-order valence-electron chi connectivity index (χ4n) is 5.93. The van der Waals surface area contributed by atoms with Gasteiger partial charge in [0.25, 0.3) is 0 Å². The number of alkyl carbamates (subject to hydrolysis) is 1. The number of nitrogens with zero attached hydrogens (tertiary/aromatic N) is 2. The Morgan fingerprint density at radius 2 is 1.69 bits per heavy atom. The number of amides is 2. The van der Waals surface area contributed by atoms with E-state index in [4.69, 9.17) is 33.4 Å². The van der Waals surface area contributed by atoms with E-state index >= 15 is 0 Å². The Morgan fingerprint density at radius 3 is 2.37 bits per heavy atom. The van der Waals surface area contributed by atoms with Crippen LogP contribution in [-0.2, 0) is 22.7 Å². The van der Waals surface area contributed by atoms with Crippen LogP contribution in [0, 0.1) is 19.8 Å². The van der Waals surface area contributed by atoms with Crippen LogP contribution in [0.3, 0.4) is 0 Å². The molecule has 0 spiro atoms. The fourth-order valence-corrected chi connectivity index (χ4v) is 5.93. The Morgan fingerprint density at radius 1 is 0.961 bits per heavy atom. The number of rotatable bonds is 20. The summed E-state index contributed by atoms with van der Waals surface area (Å²) in [5, 5.41) is 2.69. The molecule has 11 nitrogen and oxygen atoms in total. The number of aliphatic imine (C=N–C) groups is 1. The molecule has 1 heterocycles. The Hall–Kier alpha value is -5.19. The van der Waals surface area contributed by atoms with Gasteiger partial charge in [-0.2, -0.15) is 0 Å². The van der Waals surface area contributed by atoms with Crippen molar-refractivity contribution in [1.29, 1.82) is 0 Å². The second-order valence-electron chi connectivity index (χ2n) is 12.6. The molecule has 0 bridgehead atoms. The van der Waals surface area contributed by atoms with Gasteiger partial charge in [0.1, 0.15) is 25.6 Å². The van der Waals surface area contributed by atoms with E-state index in [1.807, 2.05) is 73.5 Å². The summed E-state index contributed by atoms with van der Waals surface area (Å²) in [4.78, 5) is 30.1. The third-order valence-corrected chi connectivity index (χ3v) is 8.50. The molecular weight excluding hydrogens is 650 g/mol. The van der Waals surface area contributed by atoms with Crippen molar-refractivity contribution in [3.05, 3.63) is 83.4 Å². The fraction of sp³-hybridized carbons (Fsp3) is 0.425. The first-order valence-corrected chi connectivity index (χ1v) is 17.4. The maximum atomic E-state index is 11.7. The summed E-state index contributed by atoms with van der Waals surface area (Å²) < 4.78 is 34.8. The molecule has 2 atom stereocenters. The molecule has 4 rings (SSSR count). The highest BCUT2D eigenvalue weighted by Gasteiger charge is 2.29. The van der Waals surface area contributed by atoms with Crippen molar-refractivity contribution in [3.63, 3.8) is 0 Å². The Balaban J connectivity index is 1.49. The van der Waals surface area contributed by atoms with E-state index in [0.29, 0.717) is 54.2 Å². The SMILES string of the molecule is C=CCOC(=O)NCCCOc1cc(COc2ccc(C)cc2OC)cc(COc2cc(N=CC3CC(CCC)CN3C=O)c(C)cc2OC)c1. The molecule has 2 amide bonds. The summed E-state index contributed by atoms with van der Waals surface area (Å²) >= 11 is 0. The molecule has 1 aliphatic rings. The number of nitrogens with one attached hydrogen (secondary N) is 1. The van der Waals surface area contributed by atoms with Gasteiger partial charge in [-0.15, -0.1) is 0 Å². The maximum absolute atomic E-state index is 11.7. The summed E-state index contributed by atoms with van der Waals surface area (Å²) in [6.07, 6.45) is 7.49. The molecule has 274 valence electrons. The van der Waals surface area contributed by atoms with Crippen molar-refractivity contribution < 1.29 is 38.0 Å². The number of hydrogen-bond acceptors (Lipinski definition) is 9.